The number of hydrogen-bond donors (Lipinski definition) is 2. The number of ether oxygens (including phenoxy) is 2. The predicted octanol–water partition coefficient (Wildman–Crippen LogP) is 3.62. The minimum atomic E-state index is -0.133. The molecule has 0 atom stereocenters. The minimum Gasteiger partial charge on any atom is -0.502 e. The molecule has 2 aromatic rings. The van der Waals surface area contributed by atoms with E-state index >= 15 is 0 Å². The zero-order chi connectivity index (χ0) is 24.9. The summed E-state index contributed by atoms with van der Waals surface area (Å²) in [7, 11) is 2.87. The van der Waals surface area contributed by atoms with Gasteiger partial charge >= 0.3 is 0 Å². The summed E-state index contributed by atoms with van der Waals surface area (Å²) in [5.41, 5.74) is 9.19. The molecule has 2 aromatic carbocycles. The molecule has 1 saturated heterocycles. The summed E-state index contributed by atoms with van der Waals surface area (Å²) in [6, 6.07) is 10.9. The van der Waals surface area contributed by atoms with Crippen LogP contribution in [-0.4, -0.2) is 67.0 Å². The summed E-state index contributed by atoms with van der Waals surface area (Å²) in [5, 5.41) is 10.1. The first-order valence-electron chi connectivity index (χ1n) is 11.2. The first-order chi connectivity index (χ1) is 16.9. The van der Waals surface area contributed by atoms with E-state index in [2.05, 4.69) is 9.89 Å². The number of nitrogens with two attached hydrogens (primary N) is 1. The highest BCUT2D eigenvalue weighted by Crippen LogP contribution is 2.37. The number of phenols is 1. The van der Waals surface area contributed by atoms with Gasteiger partial charge < -0.3 is 30.1 Å². The number of methoxy groups -OCH3 is 2. The molecule has 8 nitrogen and oxygen atoms in total. The zero-order valence-electron chi connectivity index (χ0n) is 19.7. The van der Waals surface area contributed by atoms with Crippen molar-refractivity contribution in [3.8, 4) is 17.2 Å². The van der Waals surface area contributed by atoms with Crippen molar-refractivity contribution in [1.29, 1.82) is 0 Å². The Hall–Kier alpha value is -3.85. The highest BCUT2D eigenvalue weighted by Gasteiger charge is 2.24. The number of aliphatic imine (C=N–C) groups is 1. The maximum atomic E-state index is 13.1. The summed E-state index contributed by atoms with van der Waals surface area (Å²) in [6.07, 6.45) is 6.54. The molecule has 0 aromatic heterocycles. The van der Waals surface area contributed by atoms with Gasteiger partial charge in [-0.2, -0.15) is 0 Å². The smallest absolute Gasteiger partial charge is 0.254 e. The highest BCUT2D eigenvalue weighted by molar-refractivity contribution is 7.81. The lowest BCUT2D eigenvalue weighted by atomic mass is 10.0. The average Bonchev–Trinajstić information content (AvgIpc) is 2.89. The van der Waals surface area contributed by atoms with E-state index < -0.39 is 0 Å². The number of phenolic OH excluding ortho intramolecular Hbond substituents is 1. The average molecular weight is 493 g/mol. The largest absolute Gasteiger partial charge is 0.502 e. The summed E-state index contributed by atoms with van der Waals surface area (Å²) < 4.78 is 10.4. The van der Waals surface area contributed by atoms with Gasteiger partial charge in [-0.1, -0.05) is 30.4 Å². The lowest BCUT2D eigenvalue weighted by molar-refractivity contribution is 0.0746. The maximum absolute atomic E-state index is 13.1. The number of allylic oxidation sites excluding steroid dienone is 3. The SMILES string of the molecule is COc1cc(C(=O)N2CCN(c3ccc(N=C(N)C4=CC=CCC4=S)cc3)CC2)cc(OC)c1O. The number of carbonyl (C=O) groups is 1. The third-order valence-corrected chi connectivity index (χ3v) is 6.42. The lowest BCUT2D eigenvalue weighted by Gasteiger charge is -2.36. The molecule has 0 spiro atoms. The van der Waals surface area contributed by atoms with Crippen LogP contribution in [0.25, 0.3) is 0 Å². The number of amides is 1. The van der Waals surface area contributed by atoms with Crippen LogP contribution in [0.2, 0.25) is 0 Å². The molecule has 3 N–H and O–H groups in total. The van der Waals surface area contributed by atoms with Crippen molar-refractivity contribution in [3.05, 3.63) is 65.8 Å². The van der Waals surface area contributed by atoms with Crippen molar-refractivity contribution >= 4 is 40.2 Å². The van der Waals surface area contributed by atoms with E-state index in [0.29, 0.717) is 44.0 Å². The van der Waals surface area contributed by atoms with E-state index in [1.165, 1.54) is 26.4 Å². The van der Waals surface area contributed by atoms with E-state index in [0.717, 1.165) is 21.8 Å². The second-order valence-electron chi connectivity index (χ2n) is 8.16. The molecule has 1 aliphatic heterocycles. The van der Waals surface area contributed by atoms with Gasteiger partial charge in [0.25, 0.3) is 5.91 Å². The molecule has 9 heteroatoms. The van der Waals surface area contributed by atoms with Crippen molar-refractivity contribution in [3.63, 3.8) is 0 Å². The molecule has 182 valence electrons. The minimum absolute atomic E-state index is 0.124. The normalized spacial score (nSPS) is 16.2. The van der Waals surface area contributed by atoms with Crippen LogP contribution >= 0.6 is 12.2 Å². The Morgan fingerprint density at radius 3 is 2.26 bits per heavy atom. The molecule has 0 bridgehead atoms. The fourth-order valence-electron chi connectivity index (χ4n) is 4.08. The van der Waals surface area contributed by atoms with Crippen LogP contribution in [0.1, 0.15) is 16.8 Å². The van der Waals surface area contributed by atoms with Gasteiger partial charge in [-0.3, -0.25) is 4.79 Å². The summed E-state index contributed by atoms with van der Waals surface area (Å²) >= 11 is 5.38. The fraction of sp³-hybridized carbons (Fsp3) is 0.269. The van der Waals surface area contributed by atoms with Gasteiger partial charge in [-0.25, -0.2) is 4.99 Å². The number of rotatable bonds is 6. The number of carbonyl (C=O) groups excluding carboxylic acids is 1. The Morgan fingerprint density at radius 1 is 1.06 bits per heavy atom. The van der Waals surface area contributed by atoms with Crippen LogP contribution in [0.4, 0.5) is 11.4 Å². The predicted molar refractivity (Wildman–Crippen MR) is 141 cm³/mol. The molecular weight excluding hydrogens is 464 g/mol. The number of anilines is 1. The van der Waals surface area contributed by atoms with E-state index in [9.17, 15) is 9.90 Å². The molecule has 0 saturated carbocycles. The first-order valence-corrected chi connectivity index (χ1v) is 11.7. The van der Waals surface area contributed by atoms with Crippen LogP contribution in [-0.2, 0) is 0 Å². The number of benzene rings is 2. The van der Waals surface area contributed by atoms with Crippen molar-refractivity contribution in [2.24, 2.45) is 10.7 Å². The van der Waals surface area contributed by atoms with Crippen LogP contribution in [0, 0.1) is 0 Å². The second kappa shape index (κ2) is 10.6. The molecule has 2 aliphatic rings. The number of aromatic hydroxyl groups is 1. The Bertz CT molecular complexity index is 1190. The van der Waals surface area contributed by atoms with Gasteiger partial charge in [-0.05, 0) is 36.4 Å². The van der Waals surface area contributed by atoms with E-state index in [4.69, 9.17) is 27.4 Å². The number of piperazine rings is 1. The van der Waals surface area contributed by atoms with E-state index in [-0.39, 0.29) is 23.2 Å². The molecule has 4 rings (SSSR count). The standard InChI is InChI=1S/C26H28N4O4S/c1-33-21-15-17(16-22(34-2)24(21)31)26(32)30-13-11-29(12-14-30)19-9-7-18(8-10-19)28-25(27)20-5-3-4-6-23(20)35/h3-5,7-10,15-16,31H,6,11-14H2,1-2H3,(H2,27,28). The van der Waals surface area contributed by atoms with Crippen LogP contribution in [0.5, 0.6) is 17.2 Å². The summed E-state index contributed by atoms with van der Waals surface area (Å²) in [6.45, 7) is 2.51. The molecule has 1 fully saturated rings. The van der Waals surface area contributed by atoms with E-state index in [1.54, 1.807) is 4.90 Å². The molecule has 1 amide bonds. The lowest BCUT2D eigenvalue weighted by Crippen LogP contribution is -2.48. The Balaban J connectivity index is 1.40. The Labute approximate surface area is 210 Å². The quantitative estimate of drug-likeness (QED) is 0.361. The Morgan fingerprint density at radius 2 is 1.69 bits per heavy atom. The first kappa shape index (κ1) is 24.3. The van der Waals surface area contributed by atoms with E-state index in [1.807, 2.05) is 42.5 Å². The van der Waals surface area contributed by atoms with Crippen molar-refractivity contribution in [2.45, 2.75) is 6.42 Å². The summed E-state index contributed by atoms with van der Waals surface area (Å²) in [4.78, 5) is 22.4. The zero-order valence-corrected chi connectivity index (χ0v) is 20.5. The van der Waals surface area contributed by atoms with Crippen LogP contribution in [0.15, 0.2) is 65.2 Å². The second-order valence-corrected chi connectivity index (χ2v) is 8.65. The van der Waals surface area contributed by atoms with Gasteiger partial charge in [0.15, 0.2) is 11.5 Å². The highest BCUT2D eigenvalue weighted by atomic mass is 32.1. The van der Waals surface area contributed by atoms with Crippen molar-refractivity contribution in [2.75, 3.05) is 45.3 Å². The Kier molecular flexibility index (Phi) is 7.36. The van der Waals surface area contributed by atoms with Gasteiger partial charge in [0.05, 0.1) is 19.9 Å². The topological polar surface area (TPSA) is 101 Å². The fourth-order valence-corrected chi connectivity index (χ4v) is 4.34. The number of amidine groups is 1. The van der Waals surface area contributed by atoms with Crippen LogP contribution in [0.3, 0.4) is 0 Å². The van der Waals surface area contributed by atoms with Gasteiger partial charge in [0.2, 0.25) is 5.75 Å². The molecule has 0 radical (unpaired) electrons. The third-order valence-electron chi connectivity index (χ3n) is 6.04. The number of hydrogen-bond acceptors (Lipinski definition) is 7. The summed E-state index contributed by atoms with van der Waals surface area (Å²) in [5.74, 6) is 0.564. The number of nitrogens with zero attached hydrogens (tertiary/aromatic N) is 3. The van der Waals surface area contributed by atoms with Crippen molar-refractivity contribution < 1.29 is 19.4 Å². The third kappa shape index (κ3) is 5.30. The van der Waals surface area contributed by atoms with Crippen molar-refractivity contribution in [1.82, 2.24) is 4.90 Å². The molecule has 35 heavy (non-hydrogen) atoms. The monoisotopic (exact) mass is 492 g/mol. The molecule has 1 aliphatic carbocycles. The molecular formula is C26H28N4O4S. The van der Waals surface area contributed by atoms with Crippen LogP contribution < -0.4 is 20.1 Å². The van der Waals surface area contributed by atoms with Gasteiger partial charge in [0, 0.05) is 54.3 Å². The number of thiocarbonyl (C=S) groups is 1. The molecule has 0 unspecified atom stereocenters. The maximum Gasteiger partial charge on any atom is 0.254 e. The van der Waals surface area contributed by atoms with Gasteiger partial charge in [-0.15, -0.1) is 0 Å². The molecule has 1 heterocycles. The van der Waals surface area contributed by atoms with Gasteiger partial charge in [0.1, 0.15) is 5.84 Å².